The molecule has 2 bridgehead atoms. The maximum absolute atomic E-state index is 11.8. The minimum absolute atomic E-state index is 0.0965. The average Bonchev–Trinajstić information content (AvgIpc) is 2.53. The van der Waals surface area contributed by atoms with E-state index in [1.54, 1.807) is 7.05 Å². The number of hydrogen-bond donors (Lipinski definition) is 1. The zero-order valence-electron chi connectivity index (χ0n) is 8.12. The van der Waals surface area contributed by atoms with Gasteiger partial charge in [0.05, 0.1) is 12.5 Å². The van der Waals surface area contributed by atoms with E-state index in [2.05, 4.69) is 0 Å². The van der Waals surface area contributed by atoms with Crippen molar-refractivity contribution < 1.29 is 9.63 Å². The first kappa shape index (κ1) is 8.97. The average molecular weight is 184 g/mol. The number of amides is 1. The van der Waals surface area contributed by atoms with E-state index in [4.69, 9.17) is 10.6 Å². The Morgan fingerprint density at radius 1 is 1.54 bits per heavy atom. The second kappa shape index (κ2) is 2.69. The number of fused-ring (bicyclic) bond motifs is 1. The molecule has 74 valence electrons. The van der Waals surface area contributed by atoms with Gasteiger partial charge in [0.25, 0.3) is 5.91 Å². The Morgan fingerprint density at radius 2 is 2.15 bits per heavy atom. The Balaban J connectivity index is 2.06. The van der Waals surface area contributed by atoms with Crippen LogP contribution >= 0.6 is 0 Å². The zero-order chi connectivity index (χ0) is 9.64. The number of rotatable bonds is 2. The molecule has 0 aromatic carbocycles. The van der Waals surface area contributed by atoms with Gasteiger partial charge in [-0.15, -0.1) is 0 Å². The molecule has 4 heteroatoms. The second-order valence-electron chi connectivity index (χ2n) is 4.30. The van der Waals surface area contributed by atoms with Crippen LogP contribution in [0.4, 0.5) is 0 Å². The van der Waals surface area contributed by atoms with Gasteiger partial charge in [-0.2, -0.15) is 0 Å². The van der Waals surface area contributed by atoms with Gasteiger partial charge in [0.15, 0.2) is 0 Å². The maximum atomic E-state index is 11.8. The van der Waals surface area contributed by atoms with E-state index in [9.17, 15) is 4.79 Å². The first-order valence-electron chi connectivity index (χ1n) is 4.67. The molecule has 3 fully saturated rings. The van der Waals surface area contributed by atoms with Gasteiger partial charge in [0.2, 0.25) is 0 Å². The van der Waals surface area contributed by atoms with Crippen molar-refractivity contribution >= 4 is 5.91 Å². The van der Waals surface area contributed by atoms with Crippen molar-refractivity contribution in [2.24, 2.45) is 17.1 Å². The van der Waals surface area contributed by atoms with Crippen LogP contribution in [0, 0.1) is 11.3 Å². The molecule has 3 rings (SSSR count). The monoisotopic (exact) mass is 184 g/mol. The van der Waals surface area contributed by atoms with Crippen molar-refractivity contribution in [3.63, 3.8) is 0 Å². The van der Waals surface area contributed by atoms with Crippen LogP contribution in [0.25, 0.3) is 0 Å². The Bertz CT molecular complexity index is 236. The van der Waals surface area contributed by atoms with E-state index in [0.29, 0.717) is 5.92 Å². The fraction of sp³-hybridized carbons (Fsp3) is 0.889. The predicted molar refractivity (Wildman–Crippen MR) is 47.5 cm³/mol. The molecule has 3 aliphatic rings. The highest BCUT2D eigenvalue weighted by atomic mass is 16.7. The quantitative estimate of drug-likeness (QED) is 0.621. The third-order valence-electron chi connectivity index (χ3n) is 3.55. The molecule has 4 nitrogen and oxygen atoms in total. The van der Waals surface area contributed by atoms with E-state index in [-0.39, 0.29) is 17.4 Å². The van der Waals surface area contributed by atoms with Gasteiger partial charge in [0, 0.05) is 13.1 Å². The van der Waals surface area contributed by atoms with Crippen LogP contribution in [-0.4, -0.2) is 31.2 Å². The van der Waals surface area contributed by atoms with E-state index >= 15 is 0 Å². The molecule has 0 saturated heterocycles. The second-order valence-corrected chi connectivity index (χ2v) is 4.30. The Kier molecular flexibility index (Phi) is 1.85. The van der Waals surface area contributed by atoms with Gasteiger partial charge in [-0.25, -0.2) is 5.06 Å². The van der Waals surface area contributed by atoms with Gasteiger partial charge in [-0.05, 0) is 25.2 Å². The molecule has 3 saturated carbocycles. The molecule has 1 amide bonds. The molecule has 3 aliphatic carbocycles. The Morgan fingerprint density at radius 3 is 2.54 bits per heavy atom. The first-order chi connectivity index (χ1) is 6.09. The van der Waals surface area contributed by atoms with Crippen molar-refractivity contribution in [1.82, 2.24) is 5.06 Å². The topological polar surface area (TPSA) is 55.6 Å². The van der Waals surface area contributed by atoms with Crippen LogP contribution in [0.15, 0.2) is 0 Å². The first-order valence-corrected chi connectivity index (χ1v) is 4.67. The third kappa shape index (κ3) is 1.09. The van der Waals surface area contributed by atoms with Crippen molar-refractivity contribution in [3.8, 4) is 0 Å². The van der Waals surface area contributed by atoms with Gasteiger partial charge >= 0.3 is 0 Å². The largest absolute Gasteiger partial charge is 0.327 e. The molecule has 1 atom stereocenters. The lowest BCUT2D eigenvalue weighted by molar-refractivity contribution is -0.184. The number of carbonyl (C=O) groups excluding carboxylic acids is 1. The maximum Gasteiger partial charge on any atom is 0.252 e. The van der Waals surface area contributed by atoms with Crippen molar-refractivity contribution in [1.29, 1.82) is 0 Å². The van der Waals surface area contributed by atoms with Crippen molar-refractivity contribution in [2.45, 2.75) is 25.3 Å². The highest BCUT2D eigenvalue weighted by Gasteiger charge is 2.60. The van der Waals surface area contributed by atoms with E-state index in [0.717, 1.165) is 19.3 Å². The van der Waals surface area contributed by atoms with Gasteiger partial charge in [0.1, 0.15) is 0 Å². The normalized spacial score (nSPS) is 41.5. The van der Waals surface area contributed by atoms with Crippen LogP contribution in [0.2, 0.25) is 0 Å². The summed E-state index contributed by atoms with van der Waals surface area (Å²) in [5, 5.41) is 1.33. The highest BCUT2D eigenvalue weighted by Crippen LogP contribution is 2.58. The van der Waals surface area contributed by atoms with Crippen LogP contribution in [0.5, 0.6) is 0 Å². The molecule has 0 spiro atoms. The number of carbonyl (C=O) groups is 1. The molecule has 0 aromatic rings. The summed E-state index contributed by atoms with van der Waals surface area (Å²) in [6.07, 6.45) is 2.76. The summed E-state index contributed by atoms with van der Waals surface area (Å²) in [4.78, 5) is 16.7. The molecule has 0 aliphatic heterocycles. The molecule has 2 N–H and O–H groups in total. The summed E-state index contributed by atoms with van der Waals surface area (Å²) in [5.74, 6) is 0.674. The molecule has 0 radical (unpaired) electrons. The SMILES string of the molecule is CON(C)C(=O)C12CC(N)C(C1)C2. The molecule has 13 heavy (non-hydrogen) atoms. The molecule has 0 heterocycles. The summed E-state index contributed by atoms with van der Waals surface area (Å²) in [6, 6.07) is 0.231. The predicted octanol–water partition coefficient (Wildman–Crippen LogP) is 0.134. The standard InChI is InChI=1S/C9H16N2O2/c1-11(13-2)8(12)9-3-6(4-9)7(10)5-9/h6-7H,3-5,10H2,1-2H3. The summed E-state index contributed by atoms with van der Waals surface area (Å²) in [7, 11) is 3.17. The summed E-state index contributed by atoms with van der Waals surface area (Å²) >= 11 is 0. The fourth-order valence-corrected chi connectivity index (χ4v) is 2.71. The lowest BCUT2D eigenvalue weighted by atomic mass is 9.69. The van der Waals surface area contributed by atoms with Crippen LogP contribution < -0.4 is 5.73 Å². The molecular weight excluding hydrogens is 168 g/mol. The number of nitrogens with zero attached hydrogens (tertiary/aromatic N) is 1. The molecule has 1 unspecified atom stereocenters. The molecular formula is C9H16N2O2. The van der Waals surface area contributed by atoms with Gasteiger partial charge < -0.3 is 5.73 Å². The molecule has 0 aromatic heterocycles. The van der Waals surface area contributed by atoms with E-state index < -0.39 is 0 Å². The third-order valence-corrected chi connectivity index (χ3v) is 3.55. The van der Waals surface area contributed by atoms with Gasteiger partial charge in [-0.3, -0.25) is 9.63 Å². The summed E-state index contributed by atoms with van der Waals surface area (Å²) in [6.45, 7) is 0. The van der Waals surface area contributed by atoms with Crippen molar-refractivity contribution in [3.05, 3.63) is 0 Å². The minimum Gasteiger partial charge on any atom is -0.327 e. The van der Waals surface area contributed by atoms with Crippen LogP contribution in [0.3, 0.4) is 0 Å². The fourth-order valence-electron chi connectivity index (χ4n) is 2.71. The zero-order valence-corrected chi connectivity index (χ0v) is 8.12. The lowest BCUT2D eigenvalue weighted by Gasteiger charge is -2.38. The Labute approximate surface area is 78.0 Å². The summed E-state index contributed by atoms with van der Waals surface area (Å²) < 4.78 is 0. The Hall–Kier alpha value is -0.610. The van der Waals surface area contributed by atoms with Crippen molar-refractivity contribution in [2.75, 3.05) is 14.2 Å². The smallest absolute Gasteiger partial charge is 0.252 e. The number of hydroxylamine groups is 2. The number of hydrogen-bond acceptors (Lipinski definition) is 3. The van der Waals surface area contributed by atoms with E-state index in [1.165, 1.54) is 12.2 Å². The van der Waals surface area contributed by atoms with E-state index in [1.807, 2.05) is 0 Å². The summed E-state index contributed by atoms with van der Waals surface area (Å²) in [5.41, 5.74) is 5.70. The lowest BCUT2D eigenvalue weighted by Crippen LogP contribution is -2.44. The highest BCUT2D eigenvalue weighted by molar-refractivity contribution is 5.83. The number of nitrogens with two attached hydrogens (primary N) is 1. The van der Waals surface area contributed by atoms with Gasteiger partial charge in [-0.1, -0.05) is 0 Å². The minimum atomic E-state index is -0.172. The van der Waals surface area contributed by atoms with Crippen LogP contribution in [0.1, 0.15) is 19.3 Å². The van der Waals surface area contributed by atoms with Crippen LogP contribution in [-0.2, 0) is 9.63 Å².